The van der Waals surface area contributed by atoms with Crippen molar-refractivity contribution in [3.63, 3.8) is 0 Å². The molecule has 7 nitrogen and oxygen atoms in total. The van der Waals surface area contributed by atoms with Crippen LogP contribution in [0.1, 0.15) is 16.9 Å². The van der Waals surface area contributed by atoms with E-state index in [1.54, 1.807) is 12.0 Å². The van der Waals surface area contributed by atoms with Crippen molar-refractivity contribution < 1.29 is 19.1 Å². The lowest BCUT2D eigenvalue weighted by Gasteiger charge is -2.18. The molecule has 0 aromatic carbocycles. The molecule has 1 aromatic heterocycles. The molecule has 0 aliphatic rings. The van der Waals surface area contributed by atoms with E-state index in [1.165, 1.54) is 0 Å². The number of aromatic carboxylic acids is 1. The molecule has 1 N–H and O–H groups in total. The van der Waals surface area contributed by atoms with Gasteiger partial charge in [-0.1, -0.05) is 0 Å². The van der Waals surface area contributed by atoms with E-state index in [4.69, 9.17) is 19.5 Å². The van der Waals surface area contributed by atoms with Gasteiger partial charge in [-0.2, -0.15) is 10.2 Å². The lowest BCUT2D eigenvalue weighted by molar-refractivity contribution is 0.0690. The fourth-order valence-electron chi connectivity index (χ4n) is 1.20. The maximum atomic E-state index is 10.6. The molecule has 0 unspecified atom stereocenters. The summed E-state index contributed by atoms with van der Waals surface area (Å²) in [5, 5.41) is 17.2. The number of oxazole rings is 1. The van der Waals surface area contributed by atoms with Crippen molar-refractivity contribution in [2.75, 3.05) is 31.7 Å². The highest BCUT2D eigenvalue weighted by Crippen LogP contribution is 2.13. The molecule has 1 aromatic rings. The third-order valence-corrected chi connectivity index (χ3v) is 2.04. The number of anilines is 1. The van der Waals surface area contributed by atoms with E-state index in [2.05, 4.69) is 4.98 Å². The van der Waals surface area contributed by atoms with E-state index >= 15 is 0 Å². The van der Waals surface area contributed by atoms with Crippen molar-refractivity contribution in [3.8, 4) is 6.07 Å². The summed E-state index contributed by atoms with van der Waals surface area (Å²) in [5.74, 6) is -1.15. The van der Waals surface area contributed by atoms with Gasteiger partial charge in [0, 0.05) is 20.2 Å². The molecular weight excluding hydrogens is 226 g/mol. The van der Waals surface area contributed by atoms with E-state index in [1.807, 2.05) is 6.07 Å². The standard InChI is InChI=1S/C10H13N3O4/c1-16-6-5-13(4-2-3-11)10-12-8(7-17-10)9(14)15/h7H,2,4-6H2,1H3,(H,14,15). The third-order valence-electron chi connectivity index (χ3n) is 2.04. The predicted molar refractivity (Wildman–Crippen MR) is 57.8 cm³/mol. The van der Waals surface area contributed by atoms with Crippen LogP contribution in [0.15, 0.2) is 10.7 Å². The van der Waals surface area contributed by atoms with Crippen LogP contribution in [0.2, 0.25) is 0 Å². The number of carboxylic acids is 1. The number of aromatic nitrogens is 1. The fourth-order valence-corrected chi connectivity index (χ4v) is 1.20. The predicted octanol–water partition coefficient (Wildman–Crippen LogP) is 0.739. The second-order valence-corrected chi connectivity index (χ2v) is 3.21. The Hall–Kier alpha value is -2.07. The quantitative estimate of drug-likeness (QED) is 0.748. The number of methoxy groups -OCH3 is 1. The highest BCUT2D eigenvalue weighted by Gasteiger charge is 2.15. The maximum absolute atomic E-state index is 10.6. The summed E-state index contributed by atoms with van der Waals surface area (Å²) in [6, 6.07) is 2.20. The average molecular weight is 239 g/mol. The molecule has 0 aliphatic carbocycles. The van der Waals surface area contributed by atoms with Crippen LogP contribution in [0.4, 0.5) is 6.01 Å². The molecule has 0 saturated carbocycles. The van der Waals surface area contributed by atoms with Crippen molar-refractivity contribution in [1.82, 2.24) is 4.98 Å². The normalized spacial score (nSPS) is 9.88. The van der Waals surface area contributed by atoms with Crippen LogP contribution in [-0.2, 0) is 4.74 Å². The highest BCUT2D eigenvalue weighted by molar-refractivity contribution is 5.85. The Kier molecular flexibility index (Phi) is 4.97. The lowest BCUT2D eigenvalue weighted by Crippen LogP contribution is -2.28. The van der Waals surface area contributed by atoms with Gasteiger partial charge in [0.1, 0.15) is 6.26 Å². The molecule has 0 aliphatic heterocycles. The van der Waals surface area contributed by atoms with Gasteiger partial charge in [-0.05, 0) is 0 Å². The SMILES string of the molecule is COCCN(CCC#N)c1nc(C(=O)O)co1. The van der Waals surface area contributed by atoms with Crippen molar-refractivity contribution >= 4 is 12.0 Å². The molecule has 0 atom stereocenters. The van der Waals surface area contributed by atoms with Crippen molar-refractivity contribution in [3.05, 3.63) is 12.0 Å². The van der Waals surface area contributed by atoms with Crippen LogP contribution in [0.25, 0.3) is 0 Å². The summed E-state index contributed by atoms with van der Waals surface area (Å²) in [4.78, 5) is 16.1. The van der Waals surface area contributed by atoms with Crippen LogP contribution in [0.5, 0.6) is 0 Å². The molecule has 0 spiro atoms. The van der Waals surface area contributed by atoms with Gasteiger partial charge in [0.25, 0.3) is 6.01 Å². The summed E-state index contributed by atoms with van der Waals surface area (Å²) < 4.78 is 9.97. The van der Waals surface area contributed by atoms with Crippen LogP contribution < -0.4 is 4.90 Å². The Morgan fingerprint density at radius 3 is 3.00 bits per heavy atom. The summed E-state index contributed by atoms with van der Waals surface area (Å²) >= 11 is 0. The first-order valence-corrected chi connectivity index (χ1v) is 4.98. The zero-order valence-corrected chi connectivity index (χ0v) is 9.42. The molecule has 0 saturated heterocycles. The smallest absolute Gasteiger partial charge is 0.357 e. The molecule has 0 radical (unpaired) electrons. The minimum Gasteiger partial charge on any atom is -0.476 e. The van der Waals surface area contributed by atoms with E-state index in [0.29, 0.717) is 26.1 Å². The summed E-state index contributed by atoms with van der Waals surface area (Å²) in [6.07, 6.45) is 1.37. The van der Waals surface area contributed by atoms with Crippen molar-refractivity contribution in [2.45, 2.75) is 6.42 Å². The van der Waals surface area contributed by atoms with E-state index in [0.717, 1.165) is 6.26 Å². The topological polar surface area (TPSA) is 99.6 Å². The fraction of sp³-hybridized carbons (Fsp3) is 0.500. The zero-order chi connectivity index (χ0) is 12.7. The number of hydrogen-bond acceptors (Lipinski definition) is 6. The van der Waals surface area contributed by atoms with Crippen molar-refractivity contribution in [2.24, 2.45) is 0 Å². The minimum absolute atomic E-state index is 0.153. The summed E-state index contributed by atoms with van der Waals surface area (Å²) in [7, 11) is 1.56. The van der Waals surface area contributed by atoms with Gasteiger partial charge in [-0.15, -0.1) is 0 Å². The second-order valence-electron chi connectivity index (χ2n) is 3.21. The summed E-state index contributed by atoms with van der Waals surface area (Å²) in [6.45, 7) is 1.34. The van der Waals surface area contributed by atoms with E-state index in [-0.39, 0.29) is 11.7 Å². The first-order valence-electron chi connectivity index (χ1n) is 4.98. The number of nitriles is 1. The van der Waals surface area contributed by atoms with Crippen LogP contribution in [0.3, 0.4) is 0 Å². The Morgan fingerprint density at radius 1 is 1.71 bits per heavy atom. The number of carboxylic acid groups (broad SMARTS) is 1. The second kappa shape index (κ2) is 6.50. The Morgan fingerprint density at radius 2 is 2.47 bits per heavy atom. The van der Waals surface area contributed by atoms with Crippen molar-refractivity contribution in [1.29, 1.82) is 5.26 Å². The van der Waals surface area contributed by atoms with Gasteiger partial charge in [-0.3, -0.25) is 0 Å². The molecule has 0 fully saturated rings. The molecule has 1 heterocycles. The number of carbonyl (C=O) groups is 1. The average Bonchev–Trinajstić information content (AvgIpc) is 2.79. The Labute approximate surface area is 98.2 Å². The first kappa shape index (κ1) is 13.0. The minimum atomic E-state index is -1.15. The molecule has 7 heteroatoms. The number of hydrogen-bond donors (Lipinski definition) is 1. The monoisotopic (exact) mass is 239 g/mol. The molecule has 92 valence electrons. The van der Waals surface area contributed by atoms with Gasteiger partial charge in [0.15, 0.2) is 5.69 Å². The maximum Gasteiger partial charge on any atom is 0.357 e. The first-order chi connectivity index (χ1) is 8.19. The summed E-state index contributed by atoms with van der Waals surface area (Å²) in [5.41, 5.74) is -0.153. The zero-order valence-electron chi connectivity index (χ0n) is 9.42. The Balaban J connectivity index is 2.73. The molecule has 0 amide bonds. The van der Waals surface area contributed by atoms with Crippen LogP contribution >= 0.6 is 0 Å². The van der Waals surface area contributed by atoms with E-state index < -0.39 is 5.97 Å². The number of nitrogens with zero attached hydrogens (tertiary/aromatic N) is 3. The van der Waals surface area contributed by atoms with Gasteiger partial charge in [0.2, 0.25) is 0 Å². The number of rotatable bonds is 7. The van der Waals surface area contributed by atoms with Crippen LogP contribution in [0, 0.1) is 11.3 Å². The third kappa shape index (κ3) is 3.77. The largest absolute Gasteiger partial charge is 0.476 e. The Bertz CT molecular complexity index is 410. The van der Waals surface area contributed by atoms with Gasteiger partial charge >= 0.3 is 5.97 Å². The van der Waals surface area contributed by atoms with Gasteiger partial charge < -0.3 is 19.2 Å². The molecule has 17 heavy (non-hydrogen) atoms. The van der Waals surface area contributed by atoms with Gasteiger partial charge in [0.05, 0.1) is 19.1 Å². The van der Waals surface area contributed by atoms with Gasteiger partial charge in [-0.25, -0.2) is 4.79 Å². The highest BCUT2D eigenvalue weighted by atomic mass is 16.5. The van der Waals surface area contributed by atoms with E-state index in [9.17, 15) is 4.79 Å². The van der Waals surface area contributed by atoms with Crippen LogP contribution in [-0.4, -0.2) is 42.9 Å². The molecular formula is C10H13N3O4. The number of ether oxygens (including phenoxy) is 1. The molecule has 1 rings (SSSR count). The molecule has 0 bridgehead atoms. The lowest BCUT2D eigenvalue weighted by atomic mass is 10.4.